The number of nitrogens with zero attached hydrogens (tertiary/aromatic N) is 5. The summed E-state index contributed by atoms with van der Waals surface area (Å²) in [5, 5.41) is 8.02. The van der Waals surface area contributed by atoms with Crippen LogP contribution in [0.2, 0.25) is 0 Å². The van der Waals surface area contributed by atoms with Crippen molar-refractivity contribution in [1.82, 2.24) is 29.4 Å². The van der Waals surface area contributed by atoms with Crippen molar-refractivity contribution >= 4 is 5.91 Å². The summed E-state index contributed by atoms with van der Waals surface area (Å²) in [6, 6.07) is -0.0673. The standard InChI is InChI=1S/C15H18N6O4/c1-19-14(23)9(5-16-15(19)24)4-13(22)20-3-2-12-11(7-20)21-10(8-25-12)6-17-18-21/h5-6,11-12H,2-4,7-8H2,1H3,(H,16,24)/t11-,12+/m1/s1. The smallest absolute Gasteiger partial charge is 0.328 e. The molecule has 0 saturated carbocycles. The molecule has 4 rings (SSSR count). The van der Waals surface area contributed by atoms with Crippen molar-refractivity contribution in [2.75, 3.05) is 13.1 Å². The van der Waals surface area contributed by atoms with Crippen LogP contribution in [0, 0.1) is 0 Å². The summed E-state index contributed by atoms with van der Waals surface area (Å²) >= 11 is 0. The van der Waals surface area contributed by atoms with Gasteiger partial charge in [-0.3, -0.25) is 14.2 Å². The van der Waals surface area contributed by atoms with Crippen LogP contribution in [0.3, 0.4) is 0 Å². The van der Waals surface area contributed by atoms with E-state index in [4.69, 9.17) is 4.74 Å². The van der Waals surface area contributed by atoms with Crippen LogP contribution in [0.5, 0.6) is 0 Å². The van der Waals surface area contributed by atoms with Gasteiger partial charge in [0.25, 0.3) is 5.56 Å². The van der Waals surface area contributed by atoms with E-state index in [1.165, 1.54) is 13.2 Å². The van der Waals surface area contributed by atoms with Gasteiger partial charge in [0.2, 0.25) is 5.91 Å². The van der Waals surface area contributed by atoms with E-state index in [0.717, 1.165) is 10.3 Å². The lowest BCUT2D eigenvalue weighted by molar-refractivity contribution is -0.137. The molecular formula is C15H18N6O4. The number of nitrogens with one attached hydrogen (secondary N) is 1. The molecule has 1 N–H and O–H groups in total. The minimum atomic E-state index is -0.500. The number of hydrogen-bond donors (Lipinski definition) is 1. The fraction of sp³-hybridized carbons (Fsp3) is 0.533. The van der Waals surface area contributed by atoms with Gasteiger partial charge in [-0.25, -0.2) is 9.48 Å². The first-order valence-electron chi connectivity index (χ1n) is 8.10. The van der Waals surface area contributed by atoms with E-state index in [1.807, 2.05) is 4.68 Å². The van der Waals surface area contributed by atoms with Crippen molar-refractivity contribution in [2.24, 2.45) is 7.05 Å². The van der Waals surface area contributed by atoms with Crippen LogP contribution in [0.4, 0.5) is 0 Å². The zero-order chi connectivity index (χ0) is 17.6. The van der Waals surface area contributed by atoms with E-state index in [2.05, 4.69) is 15.3 Å². The molecule has 2 aromatic heterocycles. The quantitative estimate of drug-likeness (QED) is 0.714. The van der Waals surface area contributed by atoms with E-state index < -0.39 is 11.2 Å². The van der Waals surface area contributed by atoms with Crippen LogP contribution in [0.15, 0.2) is 22.0 Å². The fourth-order valence-corrected chi connectivity index (χ4v) is 3.42. The molecule has 1 amide bonds. The predicted molar refractivity (Wildman–Crippen MR) is 84.8 cm³/mol. The summed E-state index contributed by atoms with van der Waals surface area (Å²) in [5.74, 6) is -0.158. The largest absolute Gasteiger partial charge is 0.370 e. The SMILES string of the molecule is Cn1c(=O)[nH]cc(CC(=O)N2CC[C@@H]3OCc4cnnn4[C@@H]3C2)c1=O. The second kappa shape index (κ2) is 5.96. The van der Waals surface area contributed by atoms with Gasteiger partial charge >= 0.3 is 5.69 Å². The number of piperidine rings is 1. The maximum Gasteiger partial charge on any atom is 0.328 e. The van der Waals surface area contributed by atoms with Gasteiger partial charge in [-0.15, -0.1) is 5.10 Å². The van der Waals surface area contributed by atoms with Gasteiger partial charge in [0.15, 0.2) is 0 Å². The van der Waals surface area contributed by atoms with E-state index >= 15 is 0 Å². The zero-order valence-corrected chi connectivity index (χ0v) is 13.7. The Hall–Kier alpha value is -2.75. The van der Waals surface area contributed by atoms with Crippen LogP contribution in [0.1, 0.15) is 23.7 Å². The molecule has 1 fully saturated rings. The number of amides is 1. The summed E-state index contributed by atoms with van der Waals surface area (Å²) in [7, 11) is 1.38. The number of aromatic amines is 1. The molecule has 0 spiro atoms. The minimum absolute atomic E-state index is 0.0131. The fourth-order valence-electron chi connectivity index (χ4n) is 3.42. The lowest BCUT2D eigenvalue weighted by atomic mass is 10.00. The summed E-state index contributed by atoms with van der Waals surface area (Å²) < 4.78 is 8.62. The molecule has 2 aliphatic heterocycles. The highest BCUT2D eigenvalue weighted by Gasteiger charge is 2.37. The van der Waals surface area contributed by atoms with E-state index in [9.17, 15) is 14.4 Å². The molecule has 0 aromatic carbocycles. The van der Waals surface area contributed by atoms with Gasteiger partial charge < -0.3 is 14.6 Å². The van der Waals surface area contributed by atoms with Crippen LogP contribution in [-0.2, 0) is 29.6 Å². The third-order valence-electron chi connectivity index (χ3n) is 4.88. The topological polar surface area (TPSA) is 115 Å². The monoisotopic (exact) mass is 346 g/mol. The Morgan fingerprint density at radius 3 is 3.12 bits per heavy atom. The molecule has 2 aromatic rings. The summed E-state index contributed by atoms with van der Waals surface area (Å²) in [5.41, 5.74) is 0.215. The third-order valence-corrected chi connectivity index (χ3v) is 4.88. The first-order valence-corrected chi connectivity index (χ1v) is 8.10. The van der Waals surface area contributed by atoms with Crippen molar-refractivity contribution in [3.63, 3.8) is 0 Å². The number of H-pyrrole nitrogens is 1. The van der Waals surface area contributed by atoms with Gasteiger partial charge in [-0.2, -0.15) is 0 Å². The lowest BCUT2D eigenvalue weighted by Gasteiger charge is -2.41. The van der Waals surface area contributed by atoms with Crippen molar-refractivity contribution in [3.05, 3.63) is 44.5 Å². The first kappa shape index (κ1) is 15.8. The molecule has 2 atom stereocenters. The van der Waals surface area contributed by atoms with Crippen LogP contribution in [0.25, 0.3) is 0 Å². The lowest BCUT2D eigenvalue weighted by Crippen LogP contribution is -2.50. The number of hydrogen-bond acceptors (Lipinski definition) is 6. The van der Waals surface area contributed by atoms with Crippen molar-refractivity contribution in [1.29, 1.82) is 0 Å². The Morgan fingerprint density at radius 2 is 2.28 bits per heavy atom. The Balaban J connectivity index is 1.52. The maximum absolute atomic E-state index is 12.6. The van der Waals surface area contributed by atoms with Crippen LogP contribution in [-0.4, -0.2) is 54.5 Å². The molecule has 1 saturated heterocycles. The average molecular weight is 346 g/mol. The third kappa shape index (κ3) is 2.68. The van der Waals surface area contributed by atoms with Gasteiger partial charge in [-0.1, -0.05) is 5.21 Å². The second-order valence-corrected chi connectivity index (χ2v) is 6.38. The Bertz CT molecular complexity index is 929. The van der Waals surface area contributed by atoms with Gasteiger partial charge in [0.05, 0.1) is 37.1 Å². The molecule has 0 bridgehead atoms. The highest BCUT2D eigenvalue weighted by Crippen LogP contribution is 2.30. The van der Waals surface area contributed by atoms with Crippen molar-refractivity contribution < 1.29 is 9.53 Å². The molecular weight excluding hydrogens is 328 g/mol. The molecule has 0 radical (unpaired) electrons. The van der Waals surface area contributed by atoms with Gasteiger partial charge in [0, 0.05) is 31.9 Å². The van der Waals surface area contributed by atoms with Gasteiger partial charge in [0.1, 0.15) is 0 Å². The zero-order valence-electron chi connectivity index (χ0n) is 13.7. The molecule has 10 heteroatoms. The van der Waals surface area contributed by atoms with E-state index in [0.29, 0.717) is 26.1 Å². The number of likely N-dealkylation sites (tertiary alicyclic amines) is 1. The number of carbonyl (C=O) groups excluding carboxylic acids is 1. The average Bonchev–Trinajstić information content (AvgIpc) is 3.11. The van der Waals surface area contributed by atoms with Crippen LogP contribution >= 0.6 is 0 Å². The Morgan fingerprint density at radius 1 is 1.44 bits per heavy atom. The predicted octanol–water partition coefficient (Wildman–Crippen LogP) is -1.42. The first-order chi connectivity index (χ1) is 12.0. The number of rotatable bonds is 2. The number of ether oxygens (including phenoxy) is 1. The summed E-state index contributed by atoms with van der Waals surface area (Å²) in [6.07, 6.45) is 3.65. The highest BCUT2D eigenvalue weighted by atomic mass is 16.5. The number of fused-ring (bicyclic) bond motifs is 3. The highest BCUT2D eigenvalue weighted by molar-refractivity contribution is 5.78. The maximum atomic E-state index is 12.6. The molecule has 25 heavy (non-hydrogen) atoms. The minimum Gasteiger partial charge on any atom is -0.370 e. The van der Waals surface area contributed by atoms with Crippen molar-refractivity contribution in [2.45, 2.75) is 31.6 Å². The Labute approximate surface area is 142 Å². The molecule has 0 aliphatic carbocycles. The van der Waals surface area contributed by atoms with E-state index in [1.54, 1.807) is 11.1 Å². The summed E-state index contributed by atoms with van der Waals surface area (Å²) in [4.78, 5) is 40.3. The summed E-state index contributed by atoms with van der Waals surface area (Å²) in [6.45, 7) is 1.51. The second-order valence-electron chi connectivity index (χ2n) is 6.38. The molecule has 2 aliphatic rings. The molecule has 132 valence electrons. The molecule has 10 nitrogen and oxygen atoms in total. The molecule has 4 heterocycles. The number of aromatic nitrogens is 5. The molecule has 0 unspecified atom stereocenters. The van der Waals surface area contributed by atoms with Crippen LogP contribution < -0.4 is 11.2 Å². The van der Waals surface area contributed by atoms with E-state index in [-0.39, 0.29) is 30.0 Å². The Kier molecular flexibility index (Phi) is 3.75. The normalized spacial score (nSPS) is 22.4. The van der Waals surface area contributed by atoms with Crippen molar-refractivity contribution in [3.8, 4) is 0 Å². The number of carbonyl (C=O) groups is 1. The van der Waals surface area contributed by atoms with Gasteiger partial charge in [-0.05, 0) is 6.42 Å².